The van der Waals surface area contributed by atoms with Crippen molar-refractivity contribution in [1.29, 1.82) is 0 Å². The number of nitrogens with one attached hydrogen (secondary N) is 1. The predicted octanol–water partition coefficient (Wildman–Crippen LogP) is 3.72. The van der Waals surface area contributed by atoms with E-state index in [4.69, 9.17) is 9.47 Å². The van der Waals surface area contributed by atoms with Gasteiger partial charge in [0.2, 0.25) is 5.82 Å². The molecule has 8 heteroatoms. The monoisotopic (exact) mass is 404 g/mol. The number of carbonyl (C=O) groups excluding carboxylic acids is 2. The van der Waals surface area contributed by atoms with Crippen molar-refractivity contribution in [2.75, 3.05) is 12.4 Å². The Bertz CT molecular complexity index is 950. The quantitative estimate of drug-likeness (QED) is 0.769. The lowest BCUT2D eigenvalue weighted by Crippen LogP contribution is -2.33. The lowest BCUT2D eigenvalue weighted by Gasteiger charge is -2.23. The van der Waals surface area contributed by atoms with Crippen LogP contribution >= 0.6 is 0 Å². The van der Waals surface area contributed by atoms with E-state index in [1.54, 1.807) is 6.07 Å². The second kappa shape index (κ2) is 8.24. The number of pyridine rings is 1. The van der Waals surface area contributed by atoms with Gasteiger partial charge in [-0.2, -0.15) is 4.39 Å². The number of ether oxygens (including phenoxy) is 2. The number of anilines is 1. The van der Waals surface area contributed by atoms with Crippen LogP contribution in [0.15, 0.2) is 30.5 Å². The van der Waals surface area contributed by atoms with E-state index in [1.807, 2.05) is 13.8 Å². The molecule has 3 rings (SSSR count). The Hall–Kier alpha value is -2.87. The molecule has 1 aliphatic heterocycles. The van der Waals surface area contributed by atoms with Gasteiger partial charge in [0.15, 0.2) is 17.3 Å². The molecule has 1 fully saturated rings. The summed E-state index contributed by atoms with van der Waals surface area (Å²) in [5.74, 6) is -3.77. The highest BCUT2D eigenvalue weighted by Crippen LogP contribution is 2.44. The molecule has 0 saturated carbocycles. The van der Waals surface area contributed by atoms with E-state index in [2.05, 4.69) is 10.3 Å². The van der Waals surface area contributed by atoms with Gasteiger partial charge in [0, 0.05) is 30.3 Å². The van der Waals surface area contributed by atoms with Crippen molar-refractivity contribution in [3.63, 3.8) is 0 Å². The van der Waals surface area contributed by atoms with Crippen molar-refractivity contribution in [1.82, 2.24) is 4.98 Å². The first-order chi connectivity index (χ1) is 13.7. The maximum absolute atomic E-state index is 14.3. The average Bonchev–Trinajstić information content (AvgIpc) is 2.99. The zero-order valence-electron chi connectivity index (χ0n) is 16.5. The number of hydrogen-bond donors (Lipinski definition) is 1. The van der Waals surface area contributed by atoms with Gasteiger partial charge in [-0.25, -0.2) is 4.39 Å². The number of ketones is 1. The third-order valence-electron chi connectivity index (χ3n) is 5.28. The summed E-state index contributed by atoms with van der Waals surface area (Å²) >= 11 is 0. The van der Waals surface area contributed by atoms with E-state index >= 15 is 0 Å². The molecule has 154 valence electrons. The summed E-state index contributed by atoms with van der Waals surface area (Å²) in [4.78, 5) is 28.4. The van der Waals surface area contributed by atoms with E-state index in [0.717, 1.165) is 6.07 Å². The molecule has 0 radical (unpaired) electrons. The smallest absolute Gasteiger partial charge is 0.254 e. The molecular weight excluding hydrogens is 382 g/mol. The molecule has 1 aromatic heterocycles. The van der Waals surface area contributed by atoms with E-state index in [0.29, 0.717) is 11.3 Å². The van der Waals surface area contributed by atoms with Crippen LogP contribution in [0.1, 0.15) is 42.7 Å². The number of amides is 1. The standard InChI is InChI=1S/C21H22F2N2O4/c1-10-12(3)29-20(17(10)14-5-6-15(22)18(23)19(14)28-4)21(27)25-13-7-8-24-16(9-13)11(2)26/h5-10,12,17,20H,1-4H3,(H,24,25,27)/t10-,12+,17+,20+/m0/s1. The number of aromatic nitrogens is 1. The highest BCUT2D eigenvalue weighted by Gasteiger charge is 2.46. The number of rotatable bonds is 5. The molecule has 29 heavy (non-hydrogen) atoms. The average molecular weight is 404 g/mol. The van der Waals surface area contributed by atoms with Gasteiger partial charge in [0.25, 0.3) is 5.91 Å². The number of benzene rings is 1. The van der Waals surface area contributed by atoms with Gasteiger partial charge in [-0.3, -0.25) is 14.6 Å². The molecule has 2 heterocycles. The second-order valence-corrected chi connectivity index (χ2v) is 7.11. The van der Waals surface area contributed by atoms with Crippen molar-refractivity contribution < 1.29 is 27.8 Å². The lowest BCUT2D eigenvalue weighted by atomic mass is 9.82. The van der Waals surface area contributed by atoms with Crippen LogP contribution in [0.5, 0.6) is 5.75 Å². The summed E-state index contributed by atoms with van der Waals surface area (Å²) in [6.07, 6.45) is 0.176. The van der Waals surface area contributed by atoms with Crippen molar-refractivity contribution in [3.05, 3.63) is 53.4 Å². The Morgan fingerprint density at radius 3 is 2.59 bits per heavy atom. The van der Waals surface area contributed by atoms with E-state index in [9.17, 15) is 18.4 Å². The Morgan fingerprint density at radius 2 is 1.93 bits per heavy atom. The Morgan fingerprint density at radius 1 is 1.21 bits per heavy atom. The summed E-state index contributed by atoms with van der Waals surface area (Å²) in [6, 6.07) is 5.45. The lowest BCUT2D eigenvalue weighted by molar-refractivity contribution is -0.127. The second-order valence-electron chi connectivity index (χ2n) is 7.11. The summed E-state index contributed by atoms with van der Waals surface area (Å²) in [5, 5.41) is 2.72. The molecule has 1 aromatic carbocycles. The maximum atomic E-state index is 14.3. The zero-order valence-corrected chi connectivity index (χ0v) is 16.5. The number of hydrogen-bond acceptors (Lipinski definition) is 5. The van der Waals surface area contributed by atoms with Gasteiger partial charge in [-0.15, -0.1) is 0 Å². The molecular formula is C21H22F2N2O4. The molecule has 0 bridgehead atoms. The van der Waals surface area contributed by atoms with Gasteiger partial charge in [0.1, 0.15) is 11.8 Å². The first-order valence-corrected chi connectivity index (χ1v) is 9.19. The number of halogens is 2. The molecule has 1 aliphatic rings. The number of Topliss-reactive ketones (excluding diaryl/α,β-unsaturated/α-hetero) is 1. The fraction of sp³-hybridized carbons (Fsp3) is 0.381. The molecule has 0 spiro atoms. The highest BCUT2D eigenvalue weighted by molar-refractivity contribution is 5.97. The molecule has 4 atom stereocenters. The summed E-state index contributed by atoms with van der Waals surface area (Å²) in [7, 11) is 1.25. The van der Waals surface area contributed by atoms with E-state index in [-0.39, 0.29) is 29.2 Å². The van der Waals surface area contributed by atoms with Crippen LogP contribution < -0.4 is 10.1 Å². The molecule has 0 unspecified atom stereocenters. The third-order valence-corrected chi connectivity index (χ3v) is 5.28. The molecule has 1 amide bonds. The van der Waals surface area contributed by atoms with Gasteiger partial charge in [0.05, 0.1) is 13.2 Å². The predicted molar refractivity (Wildman–Crippen MR) is 102 cm³/mol. The number of nitrogens with zero attached hydrogens (tertiary/aromatic N) is 1. The summed E-state index contributed by atoms with van der Waals surface area (Å²) in [5.41, 5.74) is 0.972. The molecule has 1 saturated heterocycles. The minimum absolute atomic E-state index is 0.158. The van der Waals surface area contributed by atoms with Crippen molar-refractivity contribution >= 4 is 17.4 Å². The SMILES string of the molecule is COc1c([C@H]2[C@@H](C)[C@@H](C)O[C@H]2C(=O)Nc2ccnc(C(C)=O)c2)ccc(F)c1F. The molecule has 2 aromatic rings. The van der Waals surface area contributed by atoms with Crippen LogP contribution in [0.2, 0.25) is 0 Å². The summed E-state index contributed by atoms with van der Waals surface area (Å²) < 4.78 is 38.9. The van der Waals surface area contributed by atoms with Gasteiger partial charge in [-0.1, -0.05) is 13.0 Å². The van der Waals surface area contributed by atoms with Crippen LogP contribution in [-0.2, 0) is 9.53 Å². The topological polar surface area (TPSA) is 77.5 Å². The molecule has 0 aliphatic carbocycles. The van der Waals surface area contributed by atoms with Crippen LogP contribution in [0.25, 0.3) is 0 Å². The Labute approximate surface area is 167 Å². The fourth-order valence-corrected chi connectivity index (χ4v) is 3.61. The van der Waals surface area contributed by atoms with Crippen molar-refractivity contribution in [3.8, 4) is 5.75 Å². The van der Waals surface area contributed by atoms with Crippen LogP contribution in [-0.4, -0.2) is 36.0 Å². The van der Waals surface area contributed by atoms with Crippen LogP contribution in [0.3, 0.4) is 0 Å². The van der Waals surface area contributed by atoms with Crippen molar-refractivity contribution in [2.24, 2.45) is 5.92 Å². The molecule has 1 N–H and O–H groups in total. The minimum Gasteiger partial charge on any atom is -0.493 e. The maximum Gasteiger partial charge on any atom is 0.254 e. The van der Waals surface area contributed by atoms with Gasteiger partial charge in [-0.05, 0) is 31.0 Å². The van der Waals surface area contributed by atoms with Gasteiger partial charge < -0.3 is 14.8 Å². The van der Waals surface area contributed by atoms with Crippen molar-refractivity contribution in [2.45, 2.75) is 38.9 Å². The first-order valence-electron chi connectivity index (χ1n) is 9.19. The first kappa shape index (κ1) is 20.9. The third kappa shape index (κ3) is 3.98. The number of methoxy groups -OCH3 is 1. The molecule has 6 nitrogen and oxygen atoms in total. The largest absolute Gasteiger partial charge is 0.493 e. The van der Waals surface area contributed by atoms with Crippen LogP contribution in [0.4, 0.5) is 14.5 Å². The van der Waals surface area contributed by atoms with Crippen LogP contribution in [0, 0.1) is 17.6 Å². The number of carbonyl (C=O) groups is 2. The fourth-order valence-electron chi connectivity index (χ4n) is 3.61. The zero-order chi connectivity index (χ0) is 21.3. The van der Waals surface area contributed by atoms with E-state index < -0.39 is 29.6 Å². The minimum atomic E-state index is -1.10. The highest BCUT2D eigenvalue weighted by atomic mass is 19.2. The van der Waals surface area contributed by atoms with E-state index in [1.165, 1.54) is 32.4 Å². The van der Waals surface area contributed by atoms with Gasteiger partial charge >= 0.3 is 0 Å². The Balaban J connectivity index is 1.94. The Kier molecular flexibility index (Phi) is 5.93. The normalized spacial score (nSPS) is 23.7. The summed E-state index contributed by atoms with van der Waals surface area (Å²) in [6.45, 7) is 5.07.